The second-order valence-electron chi connectivity index (χ2n) is 14.8. The van der Waals surface area contributed by atoms with Crippen LogP contribution in [0.1, 0.15) is 0 Å². The molecule has 0 aliphatic heterocycles. The maximum Gasteiger partial charge on any atom is 0.238 e. The Morgan fingerprint density at radius 3 is 1.36 bits per heavy atom. The second kappa shape index (κ2) is 12.2. The molecule has 0 bridgehead atoms. The first-order chi connectivity index (χ1) is 28.7. The summed E-state index contributed by atoms with van der Waals surface area (Å²) in [4.78, 5) is 16.1. The molecule has 270 valence electrons. The summed E-state index contributed by atoms with van der Waals surface area (Å²) in [7, 11) is 0. The number of para-hydroxylation sites is 3. The number of nitrogens with zero attached hydrogens (tertiary/aromatic N) is 5. The van der Waals surface area contributed by atoms with Crippen molar-refractivity contribution in [3.63, 3.8) is 0 Å². The molecule has 0 radical (unpaired) electrons. The molecule has 13 aromatic rings. The van der Waals surface area contributed by atoms with E-state index in [1.54, 1.807) is 0 Å². The SMILES string of the molecule is c1ccc(-n2c3ccccc3c3cc4c5ccccc5n(-c5nc(-c6ccc7sc8ccccc8c7c6)nc(-c6ccc7sc8ccccc8c7c6)n5)c4cc32)cc1. The Kier molecular flexibility index (Phi) is 6.70. The molecule has 7 heteroatoms. The third kappa shape index (κ3) is 4.66. The Hall–Kier alpha value is -7.19. The normalized spacial score (nSPS) is 12.1. The van der Waals surface area contributed by atoms with Crippen LogP contribution in [0.2, 0.25) is 0 Å². The number of fused-ring (bicyclic) bond motifs is 12. The van der Waals surface area contributed by atoms with Crippen molar-refractivity contribution in [2.45, 2.75) is 0 Å². The van der Waals surface area contributed by atoms with Crippen LogP contribution in [0.15, 0.2) is 176 Å². The molecule has 13 rings (SSSR count). The minimum atomic E-state index is 0.582. The minimum absolute atomic E-state index is 0.582. The van der Waals surface area contributed by atoms with Gasteiger partial charge in [-0.1, -0.05) is 91.0 Å². The van der Waals surface area contributed by atoms with Crippen LogP contribution in [-0.4, -0.2) is 24.1 Å². The monoisotopic (exact) mass is 775 g/mol. The summed E-state index contributed by atoms with van der Waals surface area (Å²) < 4.78 is 9.64. The number of thiophene rings is 2. The van der Waals surface area contributed by atoms with Crippen LogP contribution in [0.4, 0.5) is 0 Å². The van der Waals surface area contributed by atoms with E-state index in [0.29, 0.717) is 17.6 Å². The van der Waals surface area contributed by atoms with Crippen LogP contribution in [0.5, 0.6) is 0 Å². The Morgan fingerprint density at radius 2 is 0.776 bits per heavy atom. The zero-order chi connectivity index (χ0) is 37.9. The van der Waals surface area contributed by atoms with Crippen LogP contribution in [0, 0.1) is 0 Å². The van der Waals surface area contributed by atoms with E-state index in [4.69, 9.17) is 15.0 Å². The van der Waals surface area contributed by atoms with E-state index in [0.717, 1.165) is 44.1 Å². The van der Waals surface area contributed by atoms with Crippen molar-refractivity contribution in [3.8, 4) is 34.4 Å². The van der Waals surface area contributed by atoms with E-state index in [1.165, 1.54) is 56.6 Å². The Bertz CT molecular complexity index is 3680. The quantitative estimate of drug-likeness (QED) is 0.179. The molecule has 0 atom stereocenters. The molecule has 5 aromatic heterocycles. The highest BCUT2D eigenvalue weighted by Gasteiger charge is 2.22. The summed E-state index contributed by atoms with van der Waals surface area (Å²) in [5.41, 5.74) is 7.41. The Morgan fingerprint density at radius 1 is 0.310 bits per heavy atom. The van der Waals surface area contributed by atoms with Gasteiger partial charge in [-0.25, -0.2) is 4.98 Å². The molecule has 0 unspecified atom stereocenters. The summed E-state index contributed by atoms with van der Waals surface area (Å²) in [6.45, 7) is 0. The zero-order valence-electron chi connectivity index (χ0n) is 30.8. The molecule has 0 aliphatic rings. The number of aromatic nitrogens is 5. The predicted molar refractivity (Wildman–Crippen MR) is 245 cm³/mol. The van der Waals surface area contributed by atoms with E-state index in [2.05, 4.69) is 185 Å². The number of rotatable bonds is 4. The average molecular weight is 776 g/mol. The molecule has 0 aliphatic carbocycles. The first-order valence-corrected chi connectivity index (χ1v) is 21.0. The highest BCUT2D eigenvalue weighted by molar-refractivity contribution is 7.26. The molecule has 0 spiro atoms. The summed E-state index contributed by atoms with van der Waals surface area (Å²) in [5, 5.41) is 9.64. The summed E-state index contributed by atoms with van der Waals surface area (Å²) in [6.07, 6.45) is 0. The lowest BCUT2D eigenvalue weighted by atomic mass is 10.1. The van der Waals surface area contributed by atoms with Crippen molar-refractivity contribution in [3.05, 3.63) is 176 Å². The molecule has 0 saturated heterocycles. The lowest BCUT2D eigenvalue weighted by Gasteiger charge is -2.12. The first-order valence-electron chi connectivity index (χ1n) is 19.4. The Balaban J connectivity index is 1.12. The van der Waals surface area contributed by atoms with E-state index in [9.17, 15) is 0 Å². The highest BCUT2D eigenvalue weighted by Crippen LogP contribution is 2.41. The van der Waals surface area contributed by atoms with Gasteiger partial charge in [0.05, 0.1) is 22.1 Å². The number of hydrogen-bond acceptors (Lipinski definition) is 5. The van der Waals surface area contributed by atoms with Crippen molar-refractivity contribution in [2.24, 2.45) is 0 Å². The summed E-state index contributed by atoms with van der Waals surface area (Å²) in [6, 6.07) is 63.1. The van der Waals surface area contributed by atoms with Crippen molar-refractivity contribution in [1.29, 1.82) is 0 Å². The molecule has 0 amide bonds. The van der Waals surface area contributed by atoms with Gasteiger partial charge in [0.1, 0.15) is 0 Å². The lowest BCUT2D eigenvalue weighted by molar-refractivity contribution is 0.954. The molecule has 0 fully saturated rings. The fourth-order valence-corrected chi connectivity index (χ4v) is 11.1. The first kappa shape index (κ1) is 32.0. The van der Waals surface area contributed by atoms with Crippen LogP contribution in [-0.2, 0) is 0 Å². The number of hydrogen-bond donors (Lipinski definition) is 0. The third-order valence-electron chi connectivity index (χ3n) is 11.6. The summed E-state index contributed by atoms with van der Waals surface area (Å²) >= 11 is 3.63. The van der Waals surface area contributed by atoms with Crippen molar-refractivity contribution >= 4 is 107 Å². The van der Waals surface area contributed by atoms with Crippen molar-refractivity contribution in [1.82, 2.24) is 24.1 Å². The van der Waals surface area contributed by atoms with E-state index in [1.807, 2.05) is 22.7 Å². The fraction of sp³-hybridized carbons (Fsp3) is 0. The smallest absolute Gasteiger partial charge is 0.238 e. The lowest BCUT2D eigenvalue weighted by Crippen LogP contribution is -2.06. The maximum absolute atomic E-state index is 5.39. The fourth-order valence-electron chi connectivity index (χ4n) is 8.95. The van der Waals surface area contributed by atoms with E-state index < -0.39 is 0 Å². The standard InChI is InChI=1S/C51H29N5S2/c1-2-12-32(13-3-1)55-41-18-8-4-14-33(41)37-28-38-34-15-5-9-19-42(34)56(44(38)29-43(37)55)51-53-49(30-22-24-47-39(26-30)35-16-6-10-20-45(35)57-47)52-50(54-51)31-23-25-48-40(27-31)36-17-7-11-21-46(36)58-48/h1-29H. The van der Waals surface area contributed by atoms with Gasteiger partial charge in [-0.05, 0) is 84.9 Å². The van der Waals surface area contributed by atoms with Gasteiger partial charge in [0.2, 0.25) is 5.95 Å². The highest BCUT2D eigenvalue weighted by atomic mass is 32.1. The van der Waals surface area contributed by atoms with Gasteiger partial charge < -0.3 is 4.57 Å². The van der Waals surface area contributed by atoms with Gasteiger partial charge in [-0.2, -0.15) is 9.97 Å². The van der Waals surface area contributed by atoms with Crippen LogP contribution < -0.4 is 0 Å². The van der Waals surface area contributed by atoms with E-state index in [-0.39, 0.29) is 0 Å². The van der Waals surface area contributed by atoms with Gasteiger partial charge in [-0.3, -0.25) is 4.57 Å². The van der Waals surface area contributed by atoms with Crippen LogP contribution >= 0.6 is 22.7 Å². The average Bonchev–Trinajstić information content (AvgIpc) is 4.03. The summed E-state index contributed by atoms with van der Waals surface area (Å²) in [5.74, 6) is 1.86. The molecule has 0 saturated carbocycles. The zero-order valence-corrected chi connectivity index (χ0v) is 32.4. The molecular weight excluding hydrogens is 747 g/mol. The minimum Gasteiger partial charge on any atom is -0.309 e. The van der Waals surface area contributed by atoms with Gasteiger partial charge in [0.15, 0.2) is 11.6 Å². The van der Waals surface area contributed by atoms with Gasteiger partial charge in [0.25, 0.3) is 0 Å². The molecular formula is C51H29N5S2. The molecule has 5 heterocycles. The Labute approximate surface area is 339 Å². The van der Waals surface area contributed by atoms with Crippen molar-refractivity contribution in [2.75, 3.05) is 0 Å². The van der Waals surface area contributed by atoms with Gasteiger partial charge in [-0.15, -0.1) is 22.7 Å². The molecule has 5 nitrogen and oxygen atoms in total. The topological polar surface area (TPSA) is 48.5 Å². The maximum atomic E-state index is 5.39. The molecule has 58 heavy (non-hydrogen) atoms. The van der Waals surface area contributed by atoms with Crippen LogP contribution in [0.3, 0.4) is 0 Å². The molecule has 0 N–H and O–H groups in total. The van der Waals surface area contributed by atoms with Crippen LogP contribution in [0.25, 0.3) is 118 Å². The van der Waals surface area contributed by atoms with Gasteiger partial charge >= 0.3 is 0 Å². The van der Waals surface area contributed by atoms with E-state index >= 15 is 0 Å². The predicted octanol–water partition coefficient (Wildman–Crippen LogP) is 14.1. The van der Waals surface area contributed by atoms with Crippen molar-refractivity contribution < 1.29 is 0 Å². The second-order valence-corrected chi connectivity index (χ2v) is 17.0. The third-order valence-corrected chi connectivity index (χ3v) is 13.9. The number of benzene rings is 8. The largest absolute Gasteiger partial charge is 0.309 e. The van der Waals surface area contributed by atoms with Gasteiger partial charge in [0, 0.05) is 78.7 Å². The molecule has 8 aromatic carbocycles.